The first-order valence-electron chi connectivity index (χ1n) is 6.65. The average molecular weight is 229 g/mol. The number of ether oxygens (including phenoxy) is 1. The van der Waals surface area contributed by atoms with Crippen LogP contribution in [0.3, 0.4) is 0 Å². The van der Waals surface area contributed by atoms with Crippen molar-refractivity contribution in [2.75, 3.05) is 33.4 Å². The highest BCUT2D eigenvalue weighted by Gasteiger charge is 2.31. The zero-order valence-electron chi connectivity index (χ0n) is 10.9. The first kappa shape index (κ1) is 13.9. The summed E-state index contributed by atoms with van der Waals surface area (Å²) in [7, 11) is 2.07. The van der Waals surface area contributed by atoms with Crippen molar-refractivity contribution in [3.8, 4) is 0 Å². The fraction of sp³-hybridized carbons (Fsp3) is 1.00. The maximum Gasteiger partial charge on any atom is 0.0774 e. The third kappa shape index (κ3) is 5.28. The Morgan fingerprint density at radius 3 is 2.56 bits per heavy atom. The number of aliphatic hydroxyl groups is 1. The molecular weight excluding hydrogens is 202 g/mol. The molecular formula is C13H27NO2. The van der Waals surface area contributed by atoms with Gasteiger partial charge in [0, 0.05) is 19.7 Å². The third-order valence-corrected chi connectivity index (χ3v) is 3.36. The Kier molecular flexibility index (Phi) is 6.32. The summed E-state index contributed by atoms with van der Waals surface area (Å²) < 4.78 is 5.52. The average Bonchev–Trinajstić information content (AvgIpc) is 2.64. The number of nitrogens with zero attached hydrogens (tertiary/aromatic N) is 1. The molecule has 0 amide bonds. The first-order chi connectivity index (χ1) is 7.66. The van der Waals surface area contributed by atoms with Gasteiger partial charge >= 0.3 is 0 Å². The van der Waals surface area contributed by atoms with E-state index in [1.807, 2.05) is 0 Å². The zero-order chi connectivity index (χ0) is 11.9. The summed E-state index contributed by atoms with van der Waals surface area (Å²) >= 11 is 0. The minimum Gasteiger partial charge on any atom is -0.389 e. The van der Waals surface area contributed by atoms with Crippen molar-refractivity contribution in [3.63, 3.8) is 0 Å². The molecule has 96 valence electrons. The van der Waals surface area contributed by atoms with Crippen LogP contribution in [0.1, 0.15) is 45.4 Å². The van der Waals surface area contributed by atoms with E-state index in [0.29, 0.717) is 0 Å². The van der Waals surface area contributed by atoms with Gasteiger partial charge in [-0.3, -0.25) is 0 Å². The molecule has 3 nitrogen and oxygen atoms in total. The number of hydrogen-bond acceptors (Lipinski definition) is 3. The van der Waals surface area contributed by atoms with E-state index < -0.39 is 5.60 Å². The normalized spacial score (nSPS) is 19.5. The van der Waals surface area contributed by atoms with Crippen LogP contribution in [0, 0.1) is 0 Å². The third-order valence-electron chi connectivity index (χ3n) is 3.36. The summed E-state index contributed by atoms with van der Waals surface area (Å²) in [5.41, 5.74) is -0.418. The van der Waals surface area contributed by atoms with Crippen LogP contribution < -0.4 is 0 Å². The molecule has 0 heterocycles. The predicted molar refractivity (Wildman–Crippen MR) is 66.6 cm³/mol. The summed E-state index contributed by atoms with van der Waals surface area (Å²) in [6, 6.07) is 0. The summed E-state index contributed by atoms with van der Waals surface area (Å²) in [5.74, 6) is 0. The molecule has 0 radical (unpaired) electrons. The van der Waals surface area contributed by atoms with Crippen molar-refractivity contribution >= 4 is 0 Å². The van der Waals surface area contributed by atoms with Gasteiger partial charge in [0.15, 0.2) is 0 Å². The molecule has 1 fully saturated rings. The van der Waals surface area contributed by atoms with Gasteiger partial charge in [0.1, 0.15) is 0 Å². The van der Waals surface area contributed by atoms with Gasteiger partial charge in [-0.2, -0.15) is 0 Å². The SMILES string of the molecule is CCCCOCCN(C)CC1(O)CCCC1. The van der Waals surface area contributed by atoms with Crippen molar-refractivity contribution in [1.29, 1.82) is 0 Å². The molecule has 1 saturated carbocycles. The summed E-state index contributed by atoms with van der Waals surface area (Å²) in [6.45, 7) is 5.54. The lowest BCUT2D eigenvalue weighted by Gasteiger charge is -2.28. The van der Waals surface area contributed by atoms with Gasteiger partial charge < -0.3 is 14.7 Å². The van der Waals surface area contributed by atoms with Crippen LogP contribution in [0.25, 0.3) is 0 Å². The van der Waals surface area contributed by atoms with Crippen LogP contribution in [0.2, 0.25) is 0 Å². The van der Waals surface area contributed by atoms with Gasteiger partial charge in [-0.15, -0.1) is 0 Å². The summed E-state index contributed by atoms with van der Waals surface area (Å²) in [4.78, 5) is 2.19. The fourth-order valence-electron chi connectivity index (χ4n) is 2.34. The van der Waals surface area contributed by atoms with E-state index in [4.69, 9.17) is 4.74 Å². The number of hydrogen-bond donors (Lipinski definition) is 1. The summed E-state index contributed by atoms with van der Waals surface area (Å²) in [6.07, 6.45) is 6.62. The van der Waals surface area contributed by atoms with Gasteiger partial charge in [0.05, 0.1) is 12.2 Å². The molecule has 0 aromatic rings. The van der Waals surface area contributed by atoms with Gasteiger partial charge in [-0.25, -0.2) is 0 Å². The van der Waals surface area contributed by atoms with Crippen molar-refractivity contribution in [2.24, 2.45) is 0 Å². The smallest absolute Gasteiger partial charge is 0.0774 e. The predicted octanol–water partition coefficient (Wildman–Crippen LogP) is 2.04. The molecule has 0 bridgehead atoms. The van der Waals surface area contributed by atoms with Crippen LogP contribution in [-0.4, -0.2) is 49.0 Å². The van der Waals surface area contributed by atoms with Gasteiger partial charge in [-0.05, 0) is 26.3 Å². The Hall–Kier alpha value is -0.120. The molecule has 1 N–H and O–H groups in total. The minimum atomic E-state index is -0.418. The topological polar surface area (TPSA) is 32.7 Å². The molecule has 0 aromatic carbocycles. The fourth-order valence-corrected chi connectivity index (χ4v) is 2.34. The highest BCUT2D eigenvalue weighted by Crippen LogP contribution is 2.29. The lowest BCUT2D eigenvalue weighted by Crippen LogP contribution is -2.40. The van der Waals surface area contributed by atoms with Crippen molar-refractivity contribution < 1.29 is 9.84 Å². The quantitative estimate of drug-likeness (QED) is 0.647. The Labute approximate surface area is 99.8 Å². The second-order valence-electron chi connectivity index (χ2n) is 5.14. The standard InChI is InChI=1S/C13H27NO2/c1-3-4-10-16-11-9-14(2)12-13(15)7-5-6-8-13/h15H,3-12H2,1-2H3. The number of likely N-dealkylation sites (N-methyl/N-ethyl adjacent to an activating group) is 1. The second kappa shape index (κ2) is 7.25. The molecule has 0 atom stereocenters. The summed E-state index contributed by atoms with van der Waals surface area (Å²) in [5, 5.41) is 10.2. The zero-order valence-corrected chi connectivity index (χ0v) is 10.9. The first-order valence-corrected chi connectivity index (χ1v) is 6.65. The van der Waals surface area contributed by atoms with Crippen molar-refractivity contribution in [3.05, 3.63) is 0 Å². The molecule has 0 aliphatic heterocycles. The maximum atomic E-state index is 10.2. The van der Waals surface area contributed by atoms with Crippen LogP contribution in [0.15, 0.2) is 0 Å². The van der Waals surface area contributed by atoms with E-state index in [2.05, 4.69) is 18.9 Å². The van der Waals surface area contributed by atoms with Crippen LogP contribution in [0.4, 0.5) is 0 Å². The molecule has 0 saturated heterocycles. The number of unbranched alkanes of at least 4 members (excludes halogenated alkanes) is 1. The van der Waals surface area contributed by atoms with Crippen LogP contribution >= 0.6 is 0 Å². The Morgan fingerprint density at radius 1 is 1.25 bits per heavy atom. The van der Waals surface area contributed by atoms with Gasteiger partial charge in [0.2, 0.25) is 0 Å². The molecule has 0 aromatic heterocycles. The maximum absolute atomic E-state index is 10.2. The molecule has 16 heavy (non-hydrogen) atoms. The highest BCUT2D eigenvalue weighted by atomic mass is 16.5. The highest BCUT2D eigenvalue weighted by molar-refractivity contribution is 4.86. The molecule has 1 aliphatic rings. The van der Waals surface area contributed by atoms with E-state index >= 15 is 0 Å². The monoisotopic (exact) mass is 229 g/mol. The molecule has 0 spiro atoms. The molecule has 1 aliphatic carbocycles. The second-order valence-corrected chi connectivity index (χ2v) is 5.14. The molecule has 1 rings (SSSR count). The van der Waals surface area contributed by atoms with E-state index in [1.165, 1.54) is 19.3 Å². The molecule has 3 heteroatoms. The van der Waals surface area contributed by atoms with Gasteiger partial charge in [-0.1, -0.05) is 26.2 Å². The van der Waals surface area contributed by atoms with E-state index in [0.717, 1.165) is 45.6 Å². The Balaban J connectivity index is 2.04. The van der Waals surface area contributed by atoms with Crippen LogP contribution in [0.5, 0.6) is 0 Å². The van der Waals surface area contributed by atoms with Gasteiger partial charge in [0.25, 0.3) is 0 Å². The Bertz CT molecular complexity index is 179. The van der Waals surface area contributed by atoms with E-state index in [9.17, 15) is 5.11 Å². The minimum absolute atomic E-state index is 0.418. The molecule has 0 unspecified atom stereocenters. The van der Waals surface area contributed by atoms with Crippen molar-refractivity contribution in [1.82, 2.24) is 4.90 Å². The van der Waals surface area contributed by atoms with Crippen LogP contribution in [-0.2, 0) is 4.74 Å². The van der Waals surface area contributed by atoms with E-state index in [-0.39, 0.29) is 0 Å². The Morgan fingerprint density at radius 2 is 1.94 bits per heavy atom. The lowest BCUT2D eigenvalue weighted by atomic mass is 10.0. The van der Waals surface area contributed by atoms with Crippen molar-refractivity contribution in [2.45, 2.75) is 51.0 Å². The number of rotatable bonds is 8. The van der Waals surface area contributed by atoms with E-state index in [1.54, 1.807) is 0 Å². The largest absolute Gasteiger partial charge is 0.389 e. The lowest BCUT2D eigenvalue weighted by molar-refractivity contribution is 0.00828.